The highest BCUT2D eigenvalue weighted by atomic mass is 79.9. The quantitative estimate of drug-likeness (QED) is 0.915. The summed E-state index contributed by atoms with van der Waals surface area (Å²) in [6.07, 6.45) is 0. The van der Waals surface area contributed by atoms with Gasteiger partial charge in [0.25, 0.3) is 0 Å². The minimum atomic E-state index is -0.879. The van der Waals surface area contributed by atoms with Crippen LogP contribution in [0.15, 0.2) is 22.7 Å². The molecule has 0 amide bonds. The third-order valence-corrected chi connectivity index (χ3v) is 2.60. The highest BCUT2D eigenvalue weighted by Gasteiger charge is 2.07. The van der Waals surface area contributed by atoms with Crippen molar-refractivity contribution in [3.8, 4) is 0 Å². The summed E-state index contributed by atoms with van der Waals surface area (Å²) in [6, 6.07) is 4.36. The molecule has 3 nitrogen and oxygen atoms in total. The first-order valence-corrected chi connectivity index (χ1v) is 5.12. The Bertz CT molecular complexity index is 370. The molecule has 0 bridgehead atoms. The molecule has 0 aromatic heterocycles. The zero-order valence-electron chi connectivity index (χ0n) is 8.20. The SMILES string of the molecule is CN(CC(=O)O)Cc1ccc(F)cc1Br. The number of nitrogens with zero attached hydrogens (tertiary/aromatic N) is 1. The van der Waals surface area contributed by atoms with Gasteiger partial charge in [0, 0.05) is 11.0 Å². The zero-order chi connectivity index (χ0) is 11.4. The summed E-state index contributed by atoms with van der Waals surface area (Å²) >= 11 is 3.23. The number of aliphatic carboxylic acids is 1. The van der Waals surface area contributed by atoms with Crippen LogP contribution in [0.2, 0.25) is 0 Å². The molecule has 1 aromatic carbocycles. The van der Waals surface area contributed by atoms with Crippen LogP contribution in [-0.2, 0) is 11.3 Å². The summed E-state index contributed by atoms with van der Waals surface area (Å²) in [5.74, 6) is -1.19. The number of rotatable bonds is 4. The van der Waals surface area contributed by atoms with E-state index in [0.717, 1.165) is 5.56 Å². The molecule has 15 heavy (non-hydrogen) atoms. The lowest BCUT2D eigenvalue weighted by molar-refractivity contribution is -0.138. The van der Waals surface area contributed by atoms with Gasteiger partial charge in [-0.05, 0) is 24.7 Å². The molecule has 0 radical (unpaired) electrons. The molecular weight excluding hydrogens is 265 g/mol. The van der Waals surface area contributed by atoms with E-state index in [-0.39, 0.29) is 12.4 Å². The molecule has 0 aliphatic heterocycles. The van der Waals surface area contributed by atoms with Gasteiger partial charge in [0.05, 0.1) is 6.54 Å². The first-order chi connectivity index (χ1) is 6.99. The van der Waals surface area contributed by atoms with Crippen LogP contribution in [0.25, 0.3) is 0 Å². The fourth-order valence-electron chi connectivity index (χ4n) is 1.23. The molecule has 0 spiro atoms. The number of hydrogen-bond acceptors (Lipinski definition) is 2. The fourth-order valence-corrected chi connectivity index (χ4v) is 1.70. The highest BCUT2D eigenvalue weighted by Crippen LogP contribution is 2.19. The van der Waals surface area contributed by atoms with E-state index in [0.29, 0.717) is 11.0 Å². The normalized spacial score (nSPS) is 10.7. The van der Waals surface area contributed by atoms with E-state index in [4.69, 9.17) is 5.11 Å². The minimum absolute atomic E-state index is 0.0379. The summed E-state index contributed by atoms with van der Waals surface area (Å²) in [6.45, 7) is 0.428. The lowest BCUT2D eigenvalue weighted by atomic mass is 10.2. The average Bonchev–Trinajstić information content (AvgIpc) is 2.08. The van der Waals surface area contributed by atoms with Gasteiger partial charge in [0.1, 0.15) is 5.82 Å². The van der Waals surface area contributed by atoms with Crippen molar-refractivity contribution >= 4 is 21.9 Å². The number of hydrogen-bond donors (Lipinski definition) is 1. The largest absolute Gasteiger partial charge is 0.480 e. The Hall–Kier alpha value is -0.940. The molecule has 0 atom stereocenters. The Labute approximate surface area is 95.6 Å². The molecule has 0 fully saturated rings. The second-order valence-electron chi connectivity index (χ2n) is 3.30. The van der Waals surface area contributed by atoms with Crippen molar-refractivity contribution in [1.82, 2.24) is 4.90 Å². The molecule has 0 aliphatic rings. The fraction of sp³-hybridized carbons (Fsp3) is 0.300. The van der Waals surface area contributed by atoms with Gasteiger partial charge in [0.2, 0.25) is 0 Å². The van der Waals surface area contributed by atoms with Gasteiger partial charge in [-0.15, -0.1) is 0 Å². The maximum absolute atomic E-state index is 12.8. The molecule has 1 rings (SSSR count). The predicted octanol–water partition coefficient (Wildman–Crippen LogP) is 2.10. The van der Waals surface area contributed by atoms with Crippen LogP contribution in [0.1, 0.15) is 5.56 Å². The maximum atomic E-state index is 12.8. The molecule has 5 heteroatoms. The van der Waals surface area contributed by atoms with Crippen molar-refractivity contribution in [2.45, 2.75) is 6.54 Å². The topological polar surface area (TPSA) is 40.5 Å². The van der Waals surface area contributed by atoms with Gasteiger partial charge in [-0.2, -0.15) is 0 Å². The van der Waals surface area contributed by atoms with Crippen LogP contribution in [0, 0.1) is 5.82 Å². The van der Waals surface area contributed by atoms with Crippen LogP contribution < -0.4 is 0 Å². The molecule has 0 heterocycles. The number of likely N-dealkylation sites (N-methyl/N-ethyl adjacent to an activating group) is 1. The lowest BCUT2D eigenvalue weighted by Crippen LogP contribution is -2.25. The van der Waals surface area contributed by atoms with Gasteiger partial charge >= 0.3 is 5.97 Å². The molecule has 0 saturated carbocycles. The van der Waals surface area contributed by atoms with E-state index in [1.165, 1.54) is 12.1 Å². The van der Waals surface area contributed by atoms with Gasteiger partial charge in [-0.25, -0.2) is 4.39 Å². The number of benzene rings is 1. The molecule has 0 unspecified atom stereocenters. The smallest absolute Gasteiger partial charge is 0.317 e. The Morgan fingerprint density at radius 1 is 1.60 bits per heavy atom. The Morgan fingerprint density at radius 3 is 2.80 bits per heavy atom. The van der Waals surface area contributed by atoms with Crippen LogP contribution in [0.3, 0.4) is 0 Å². The summed E-state index contributed by atoms with van der Waals surface area (Å²) in [5, 5.41) is 8.56. The molecular formula is C10H11BrFNO2. The second-order valence-corrected chi connectivity index (χ2v) is 4.16. The zero-order valence-corrected chi connectivity index (χ0v) is 9.79. The van der Waals surface area contributed by atoms with E-state index in [2.05, 4.69) is 15.9 Å². The van der Waals surface area contributed by atoms with Crippen LogP contribution in [0.4, 0.5) is 4.39 Å². The first kappa shape index (κ1) is 12.1. The molecule has 82 valence electrons. The van der Waals surface area contributed by atoms with Crippen LogP contribution in [0.5, 0.6) is 0 Å². The third kappa shape index (κ3) is 3.97. The summed E-state index contributed by atoms with van der Waals surface area (Å²) in [4.78, 5) is 12.1. The van der Waals surface area contributed by atoms with Gasteiger partial charge < -0.3 is 5.11 Å². The molecule has 1 N–H and O–H groups in total. The highest BCUT2D eigenvalue weighted by molar-refractivity contribution is 9.10. The van der Waals surface area contributed by atoms with Crippen molar-refractivity contribution in [2.75, 3.05) is 13.6 Å². The summed E-state index contributed by atoms with van der Waals surface area (Å²) < 4.78 is 13.4. The monoisotopic (exact) mass is 275 g/mol. The maximum Gasteiger partial charge on any atom is 0.317 e. The first-order valence-electron chi connectivity index (χ1n) is 4.33. The lowest BCUT2D eigenvalue weighted by Gasteiger charge is -2.14. The average molecular weight is 276 g/mol. The third-order valence-electron chi connectivity index (χ3n) is 1.86. The van der Waals surface area contributed by atoms with Crippen LogP contribution in [-0.4, -0.2) is 29.6 Å². The molecule has 0 aliphatic carbocycles. The number of carboxylic acids is 1. The minimum Gasteiger partial charge on any atom is -0.480 e. The standard InChI is InChI=1S/C10H11BrFNO2/c1-13(6-10(14)15)5-7-2-3-8(12)4-9(7)11/h2-4H,5-6H2,1H3,(H,14,15). The summed E-state index contributed by atoms with van der Waals surface area (Å²) in [7, 11) is 1.70. The van der Waals surface area contributed by atoms with Gasteiger partial charge in [0.15, 0.2) is 0 Å². The Kier molecular flexibility index (Phi) is 4.23. The predicted molar refractivity (Wildman–Crippen MR) is 58.1 cm³/mol. The molecule has 1 aromatic rings. The van der Waals surface area contributed by atoms with Crippen molar-refractivity contribution in [3.05, 3.63) is 34.1 Å². The van der Waals surface area contributed by atoms with E-state index >= 15 is 0 Å². The van der Waals surface area contributed by atoms with Crippen molar-refractivity contribution < 1.29 is 14.3 Å². The van der Waals surface area contributed by atoms with Gasteiger partial charge in [-0.3, -0.25) is 9.69 Å². The van der Waals surface area contributed by atoms with Gasteiger partial charge in [-0.1, -0.05) is 22.0 Å². The molecule has 0 saturated heterocycles. The number of carboxylic acid groups (broad SMARTS) is 1. The summed E-state index contributed by atoms with van der Waals surface area (Å²) in [5.41, 5.74) is 0.861. The van der Waals surface area contributed by atoms with E-state index in [9.17, 15) is 9.18 Å². The second kappa shape index (κ2) is 5.23. The number of carbonyl (C=O) groups is 1. The van der Waals surface area contributed by atoms with Crippen molar-refractivity contribution in [3.63, 3.8) is 0 Å². The van der Waals surface area contributed by atoms with E-state index in [1.54, 1.807) is 18.0 Å². The van der Waals surface area contributed by atoms with Crippen LogP contribution >= 0.6 is 15.9 Å². The Balaban J connectivity index is 2.68. The van der Waals surface area contributed by atoms with E-state index < -0.39 is 5.97 Å². The van der Waals surface area contributed by atoms with Crippen molar-refractivity contribution in [2.24, 2.45) is 0 Å². The number of halogens is 2. The Morgan fingerprint density at radius 2 is 2.27 bits per heavy atom. The van der Waals surface area contributed by atoms with Crippen molar-refractivity contribution in [1.29, 1.82) is 0 Å². The van der Waals surface area contributed by atoms with E-state index in [1.807, 2.05) is 0 Å².